The number of ether oxygens (including phenoxy) is 2. The van der Waals surface area contributed by atoms with Crippen molar-refractivity contribution in [2.24, 2.45) is 17.3 Å². The molecular formula is C25H41NO5Si. The normalized spacial score (nSPS) is 21.4. The van der Waals surface area contributed by atoms with Gasteiger partial charge in [0.2, 0.25) is 0 Å². The molecule has 1 aromatic carbocycles. The monoisotopic (exact) mass is 463 g/mol. The van der Waals surface area contributed by atoms with E-state index in [-0.39, 0.29) is 29.3 Å². The molecule has 1 aliphatic carbocycles. The minimum Gasteiger partial charge on any atom is -0.469 e. The number of hydrogen-bond donors (Lipinski definition) is 1. The van der Waals surface area contributed by atoms with Gasteiger partial charge in [0.15, 0.2) is 9.04 Å². The smallest absolute Gasteiger partial charge is 0.407 e. The van der Waals surface area contributed by atoms with Gasteiger partial charge in [-0.25, -0.2) is 4.79 Å². The number of benzene rings is 1. The zero-order chi connectivity index (χ0) is 24.3. The molecule has 0 heterocycles. The van der Waals surface area contributed by atoms with E-state index in [0.717, 1.165) is 5.56 Å². The van der Waals surface area contributed by atoms with Crippen LogP contribution in [0.15, 0.2) is 30.3 Å². The predicted molar refractivity (Wildman–Crippen MR) is 129 cm³/mol. The Morgan fingerprint density at radius 1 is 1.09 bits per heavy atom. The van der Waals surface area contributed by atoms with Crippen molar-refractivity contribution in [1.82, 2.24) is 5.32 Å². The Morgan fingerprint density at radius 3 is 2.16 bits per heavy atom. The van der Waals surface area contributed by atoms with Crippen molar-refractivity contribution in [1.29, 1.82) is 0 Å². The van der Waals surface area contributed by atoms with Crippen LogP contribution in [0.2, 0.25) is 13.1 Å². The van der Waals surface area contributed by atoms with Crippen molar-refractivity contribution in [3.8, 4) is 0 Å². The molecule has 7 heteroatoms. The minimum atomic E-state index is -1.57. The molecule has 0 aromatic heterocycles. The molecule has 0 radical (unpaired) electrons. The molecule has 1 aliphatic rings. The predicted octanol–water partition coefficient (Wildman–Crippen LogP) is 4.72. The Labute approximate surface area is 195 Å². The Kier molecular flexibility index (Phi) is 8.21. The van der Waals surface area contributed by atoms with Gasteiger partial charge in [0, 0.05) is 5.92 Å². The average molecular weight is 464 g/mol. The molecule has 1 saturated carbocycles. The second kappa shape index (κ2) is 9.95. The van der Waals surface area contributed by atoms with E-state index < -0.39 is 26.3 Å². The van der Waals surface area contributed by atoms with Crippen molar-refractivity contribution in [3.05, 3.63) is 35.9 Å². The Balaban J connectivity index is 2.56. The van der Waals surface area contributed by atoms with Crippen molar-refractivity contribution in [3.63, 3.8) is 0 Å². The van der Waals surface area contributed by atoms with Crippen LogP contribution < -0.4 is 5.32 Å². The van der Waals surface area contributed by atoms with Gasteiger partial charge in [0.05, 0.1) is 24.7 Å². The number of rotatable bonds is 8. The zero-order valence-electron chi connectivity index (χ0n) is 21.2. The lowest BCUT2D eigenvalue weighted by atomic mass is 9.67. The third-order valence-corrected chi connectivity index (χ3v) is 6.80. The maximum absolute atomic E-state index is 13.0. The van der Waals surface area contributed by atoms with Gasteiger partial charge in [-0.15, -0.1) is 0 Å². The first-order chi connectivity index (χ1) is 14.7. The van der Waals surface area contributed by atoms with E-state index in [2.05, 4.69) is 51.3 Å². The lowest BCUT2D eigenvalue weighted by Gasteiger charge is -2.52. The van der Waals surface area contributed by atoms with Gasteiger partial charge in [0.25, 0.3) is 0 Å². The highest BCUT2D eigenvalue weighted by Crippen LogP contribution is 2.57. The van der Waals surface area contributed by atoms with E-state index in [9.17, 15) is 9.59 Å². The fraction of sp³-hybridized carbons (Fsp3) is 0.680. The van der Waals surface area contributed by atoms with Crippen LogP contribution in [-0.4, -0.2) is 45.5 Å². The molecule has 0 saturated heterocycles. The van der Waals surface area contributed by atoms with Crippen LogP contribution in [-0.2, 0) is 25.1 Å². The zero-order valence-corrected chi connectivity index (χ0v) is 22.3. The van der Waals surface area contributed by atoms with Crippen molar-refractivity contribution < 1.29 is 23.5 Å². The third-order valence-electron chi connectivity index (χ3n) is 5.94. The summed E-state index contributed by atoms with van der Waals surface area (Å²) in [6, 6.07) is 9.68. The van der Waals surface area contributed by atoms with Gasteiger partial charge in [-0.1, -0.05) is 51.1 Å². The summed E-state index contributed by atoms with van der Waals surface area (Å²) in [7, 11) is -0.149. The number of esters is 1. The van der Waals surface area contributed by atoms with Crippen LogP contribution >= 0.6 is 0 Å². The van der Waals surface area contributed by atoms with E-state index >= 15 is 0 Å². The standard InChI is InChI=1S/C25H41NO5Si/c1-23(2,3)25(31-32(8)9,19-16-18(19)21(27)29-7)20(15-17-13-11-10-12-14-17)26-22(28)30-24(4,5)6/h10-14,18-20,32H,15-16H2,1-9H3,(H,26,28). The molecule has 1 amide bonds. The second-order valence-corrected chi connectivity index (χ2v) is 13.4. The number of methoxy groups -OCH3 is 1. The summed E-state index contributed by atoms with van der Waals surface area (Å²) < 4.78 is 17.6. The SMILES string of the molecule is COC(=O)C1CC1C(O[SiH](C)C)(C(Cc1ccccc1)NC(=O)OC(C)(C)C)C(C)(C)C. The summed E-state index contributed by atoms with van der Waals surface area (Å²) in [6.45, 7) is 16.2. The van der Waals surface area contributed by atoms with Gasteiger partial charge in [-0.05, 0) is 57.7 Å². The molecule has 2 rings (SSSR count). The molecule has 1 fully saturated rings. The highest BCUT2D eigenvalue weighted by molar-refractivity contribution is 6.48. The molecule has 32 heavy (non-hydrogen) atoms. The fourth-order valence-electron chi connectivity index (χ4n) is 4.76. The lowest BCUT2D eigenvalue weighted by Crippen LogP contribution is -2.65. The van der Waals surface area contributed by atoms with Gasteiger partial charge in [-0.2, -0.15) is 0 Å². The van der Waals surface area contributed by atoms with Crippen LogP contribution in [0.25, 0.3) is 0 Å². The molecule has 180 valence electrons. The molecule has 0 spiro atoms. The maximum Gasteiger partial charge on any atom is 0.407 e. The number of hydrogen-bond acceptors (Lipinski definition) is 5. The minimum absolute atomic E-state index is 0.0477. The van der Waals surface area contributed by atoms with E-state index in [1.54, 1.807) is 0 Å². The summed E-state index contributed by atoms with van der Waals surface area (Å²) >= 11 is 0. The first kappa shape index (κ1) is 26.4. The number of carbonyl (C=O) groups is 2. The fourth-order valence-corrected chi connectivity index (χ4v) is 6.24. The van der Waals surface area contributed by atoms with E-state index in [0.29, 0.717) is 12.8 Å². The molecule has 1 N–H and O–H groups in total. The number of nitrogens with one attached hydrogen (secondary N) is 1. The van der Waals surface area contributed by atoms with Crippen LogP contribution in [0.5, 0.6) is 0 Å². The van der Waals surface area contributed by atoms with Gasteiger partial charge < -0.3 is 19.2 Å². The van der Waals surface area contributed by atoms with Crippen molar-refractivity contribution >= 4 is 21.1 Å². The van der Waals surface area contributed by atoms with Crippen LogP contribution in [0, 0.1) is 17.3 Å². The number of amides is 1. The molecule has 0 bridgehead atoms. The Hall–Kier alpha value is -1.86. The second-order valence-electron chi connectivity index (χ2n) is 11.1. The van der Waals surface area contributed by atoms with Gasteiger partial charge in [-0.3, -0.25) is 4.79 Å². The number of carbonyl (C=O) groups excluding carboxylic acids is 2. The van der Waals surface area contributed by atoms with E-state index in [4.69, 9.17) is 13.9 Å². The largest absolute Gasteiger partial charge is 0.469 e. The van der Waals surface area contributed by atoms with Crippen LogP contribution in [0.4, 0.5) is 4.79 Å². The van der Waals surface area contributed by atoms with Gasteiger partial charge in [0.1, 0.15) is 5.60 Å². The first-order valence-electron chi connectivity index (χ1n) is 11.5. The topological polar surface area (TPSA) is 73.9 Å². The summed E-state index contributed by atoms with van der Waals surface area (Å²) in [5, 5.41) is 3.16. The van der Waals surface area contributed by atoms with E-state index in [1.807, 2.05) is 39.0 Å². The molecule has 1 aromatic rings. The van der Waals surface area contributed by atoms with Crippen molar-refractivity contribution in [2.45, 2.75) is 84.7 Å². The lowest BCUT2D eigenvalue weighted by molar-refractivity contribution is -0.145. The average Bonchev–Trinajstić information content (AvgIpc) is 3.44. The molecule has 6 nitrogen and oxygen atoms in total. The Bertz CT molecular complexity index is 784. The maximum atomic E-state index is 13.0. The number of alkyl carbamates (subject to hydrolysis) is 1. The third kappa shape index (κ3) is 6.35. The summed E-state index contributed by atoms with van der Waals surface area (Å²) in [5.41, 5.74) is -0.634. The molecule has 0 aliphatic heterocycles. The van der Waals surface area contributed by atoms with E-state index in [1.165, 1.54) is 7.11 Å². The van der Waals surface area contributed by atoms with Crippen LogP contribution in [0.3, 0.4) is 0 Å². The van der Waals surface area contributed by atoms with Crippen molar-refractivity contribution in [2.75, 3.05) is 7.11 Å². The van der Waals surface area contributed by atoms with Crippen LogP contribution in [0.1, 0.15) is 53.5 Å². The summed E-state index contributed by atoms with van der Waals surface area (Å²) in [5.74, 6) is -0.493. The van der Waals surface area contributed by atoms with Gasteiger partial charge >= 0.3 is 12.1 Å². The molecule has 4 atom stereocenters. The first-order valence-corrected chi connectivity index (χ1v) is 14.3. The quantitative estimate of drug-likeness (QED) is 0.446. The Morgan fingerprint density at radius 2 is 1.69 bits per heavy atom. The highest BCUT2D eigenvalue weighted by atomic mass is 28.3. The molecule has 4 unspecified atom stereocenters. The molecular weight excluding hydrogens is 422 g/mol. The highest BCUT2D eigenvalue weighted by Gasteiger charge is 2.65. The summed E-state index contributed by atoms with van der Waals surface area (Å²) in [6.07, 6.45) is 0.784. The summed E-state index contributed by atoms with van der Waals surface area (Å²) in [4.78, 5) is 25.4.